The molecular weight excluding hydrogens is 424 g/mol. The highest BCUT2D eigenvalue weighted by molar-refractivity contribution is 5.80. The van der Waals surface area contributed by atoms with Gasteiger partial charge < -0.3 is 23.5 Å². The molecule has 0 saturated heterocycles. The van der Waals surface area contributed by atoms with Crippen molar-refractivity contribution in [3.63, 3.8) is 0 Å². The Morgan fingerprint density at radius 1 is 0.939 bits per heavy atom. The van der Waals surface area contributed by atoms with E-state index in [1.807, 2.05) is 18.2 Å². The van der Waals surface area contributed by atoms with Crippen LogP contribution in [0.15, 0.2) is 86.5 Å². The molecule has 2 aromatic heterocycles. The van der Waals surface area contributed by atoms with E-state index in [1.54, 1.807) is 43.5 Å². The second kappa shape index (κ2) is 8.51. The molecule has 0 atom stereocenters. The molecule has 0 radical (unpaired) electrons. The Morgan fingerprint density at radius 3 is 2.61 bits per heavy atom. The van der Waals surface area contributed by atoms with Crippen LogP contribution >= 0.6 is 0 Å². The first kappa shape index (κ1) is 20.3. The third-order valence-corrected chi connectivity index (χ3v) is 5.01. The molecule has 2 heterocycles. The molecular formula is C25H18N2O6. The Hall–Kier alpha value is -4.59. The lowest BCUT2D eigenvalue weighted by Gasteiger charge is -2.06. The number of benzene rings is 3. The van der Waals surface area contributed by atoms with Crippen LogP contribution in [-0.2, 0) is 6.61 Å². The number of nitrogens with zero attached hydrogens (tertiary/aromatic N) is 2. The first-order chi connectivity index (χ1) is 16.1. The van der Waals surface area contributed by atoms with Crippen molar-refractivity contribution >= 4 is 11.0 Å². The van der Waals surface area contributed by atoms with Crippen molar-refractivity contribution in [2.75, 3.05) is 7.11 Å². The van der Waals surface area contributed by atoms with Gasteiger partial charge in [0.1, 0.15) is 28.6 Å². The lowest BCUT2D eigenvalue weighted by molar-refractivity contribution is 0.287. The molecule has 0 bridgehead atoms. The zero-order valence-electron chi connectivity index (χ0n) is 17.5. The van der Waals surface area contributed by atoms with Gasteiger partial charge in [-0.1, -0.05) is 11.2 Å². The largest absolute Gasteiger partial charge is 0.508 e. The molecule has 8 heteroatoms. The molecule has 0 saturated carbocycles. The van der Waals surface area contributed by atoms with Gasteiger partial charge in [0.2, 0.25) is 5.82 Å². The average molecular weight is 442 g/mol. The van der Waals surface area contributed by atoms with Crippen LogP contribution in [0.25, 0.3) is 33.7 Å². The summed E-state index contributed by atoms with van der Waals surface area (Å²) in [6.07, 6.45) is 0. The summed E-state index contributed by atoms with van der Waals surface area (Å²) < 4.78 is 22.3. The van der Waals surface area contributed by atoms with Gasteiger partial charge in [-0.05, 0) is 54.6 Å². The van der Waals surface area contributed by atoms with Crippen LogP contribution in [-0.4, -0.2) is 22.4 Å². The molecule has 5 aromatic rings. The van der Waals surface area contributed by atoms with Gasteiger partial charge in [0.05, 0.1) is 12.5 Å². The smallest absolute Gasteiger partial charge is 0.258 e. The third-order valence-electron chi connectivity index (χ3n) is 5.01. The highest BCUT2D eigenvalue weighted by Crippen LogP contribution is 2.27. The SMILES string of the molecule is COc1cccc(-c2nc(COc3ccc4c(=O)cc(-c5ccc(O)cc5)oc4c3)no2)c1. The number of phenols is 1. The van der Waals surface area contributed by atoms with Crippen molar-refractivity contribution < 1.29 is 23.5 Å². The van der Waals surface area contributed by atoms with Gasteiger partial charge in [-0.2, -0.15) is 4.98 Å². The second-order valence-electron chi connectivity index (χ2n) is 7.22. The van der Waals surface area contributed by atoms with Crippen LogP contribution in [0.1, 0.15) is 5.82 Å². The minimum absolute atomic E-state index is 0.0703. The van der Waals surface area contributed by atoms with Crippen molar-refractivity contribution in [3.8, 4) is 40.0 Å². The van der Waals surface area contributed by atoms with Gasteiger partial charge in [0.25, 0.3) is 5.89 Å². The molecule has 0 amide bonds. The van der Waals surface area contributed by atoms with Gasteiger partial charge >= 0.3 is 0 Å². The van der Waals surface area contributed by atoms with Crippen molar-refractivity contribution in [2.45, 2.75) is 6.61 Å². The number of aromatic nitrogens is 2. The van der Waals surface area contributed by atoms with E-state index in [1.165, 1.54) is 18.2 Å². The second-order valence-corrected chi connectivity index (χ2v) is 7.22. The zero-order chi connectivity index (χ0) is 22.8. The summed E-state index contributed by atoms with van der Waals surface area (Å²) in [5.41, 5.74) is 1.62. The third kappa shape index (κ3) is 4.27. The van der Waals surface area contributed by atoms with E-state index in [0.717, 1.165) is 5.56 Å². The maximum atomic E-state index is 12.5. The molecule has 0 aliphatic rings. The summed E-state index contributed by atoms with van der Waals surface area (Å²) in [7, 11) is 1.59. The fourth-order valence-electron chi connectivity index (χ4n) is 3.33. The molecule has 5 rings (SSSR count). The van der Waals surface area contributed by atoms with E-state index >= 15 is 0 Å². The van der Waals surface area contributed by atoms with Gasteiger partial charge in [0, 0.05) is 23.3 Å². The summed E-state index contributed by atoms with van der Waals surface area (Å²) in [5.74, 6) is 2.43. The number of rotatable bonds is 6. The Labute approximate surface area is 187 Å². The van der Waals surface area contributed by atoms with E-state index in [-0.39, 0.29) is 17.8 Å². The maximum Gasteiger partial charge on any atom is 0.258 e. The van der Waals surface area contributed by atoms with E-state index in [0.29, 0.717) is 45.5 Å². The normalized spacial score (nSPS) is 10.9. The number of aromatic hydroxyl groups is 1. The van der Waals surface area contributed by atoms with Crippen LogP contribution in [0.3, 0.4) is 0 Å². The summed E-state index contributed by atoms with van der Waals surface area (Å²) in [6, 6.07) is 20.1. The molecule has 0 aliphatic heterocycles. The zero-order valence-corrected chi connectivity index (χ0v) is 17.5. The Bertz CT molecular complexity index is 1490. The molecule has 0 aliphatic carbocycles. The van der Waals surface area contributed by atoms with Crippen molar-refractivity contribution in [2.24, 2.45) is 0 Å². The number of phenolic OH excluding ortho intramolecular Hbond substituents is 1. The molecule has 164 valence electrons. The Morgan fingerprint density at radius 2 is 1.79 bits per heavy atom. The predicted molar refractivity (Wildman–Crippen MR) is 120 cm³/mol. The number of fused-ring (bicyclic) bond motifs is 1. The topological polar surface area (TPSA) is 108 Å². The van der Waals surface area contributed by atoms with Gasteiger partial charge in [-0.15, -0.1) is 0 Å². The quantitative estimate of drug-likeness (QED) is 0.399. The van der Waals surface area contributed by atoms with Gasteiger partial charge in [-0.3, -0.25) is 4.79 Å². The summed E-state index contributed by atoms with van der Waals surface area (Å²) in [5, 5.41) is 13.9. The molecule has 8 nitrogen and oxygen atoms in total. The van der Waals surface area contributed by atoms with Crippen LogP contribution in [0, 0.1) is 0 Å². The molecule has 3 aromatic carbocycles. The molecule has 0 spiro atoms. The summed E-state index contributed by atoms with van der Waals surface area (Å²) in [6.45, 7) is 0.0703. The molecule has 33 heavy (non-hydrogen) atoms. The van der Waals surface area contributed by atoms with Gasteiger partial charge in [-0.25, -0.2) is 0 Å². The summed E-state index contributed by atoms with van der Waals surface area (Å²) in [4.78, 5) is 16.9. The minimum atomic E-state index is -0.174. The minimum Gasteiger partial charge on any atom is -0.508 e. The van der Waals surface area contributed by atoms with Gasteiger partial charge in [0.15, 0.2) is 12.0 Å². The lowest BCUT2D eigenvalue weighted by Crippen LogP contribution is -2.01. The standard InChI is InChI=1S/C25H18N2O6/c1-30-18-4-2-3-16(11-18)25-26-24(27-33-25)14-31-19-9-10-20-21(29)13-22(32-23(20)12-19)15-5-7-17(28)8-6-15/h2-13,28H,14H2,1H3. The highest BCUT2D eigenvalue weighted by atomic mass is 16.5. The molecule has 1 N–H and O–H groups in total. The summed E-state index contributed by atoms with van der Waals surface area (Å²) >= 11 is 0. The Balaban J connectivity index is 1.37. The van der Waals surface area contributed by atoms with E-state index in [2.05, 4.69) is 10.1 Å². The number of hydrogen-bond acceptors (Lipinski definition) is 8. The van der Waals surface area contributed by atoms with E-state index < -0.39 is 0 Å². The fourth-order valence-corrected chi connectivity index (χ4v) is 3.33. The first-order valence-electron chi connectivity index (χ1n) is 10.1. The van der Waals surface area contributed by atoms with Crippen molar-refractivity contribution in [1.82, 2.24) is 10.1 Å². The lowest BCUT2D eigenvalue weighted by atomic mass is 10.1. The number of methoxy groups -OCH3 is 1. The monoisotopic (exact) mass is 442 g/mol. The van der Waals surface area contributed by atoms with Crippen LogP contribution in [0.4, 0.5) is 0 Å². The van der Waals surface area contributed by atoms with Crippen LogP contribution in [0.2, 0.25) is 0 Å². The number of hydrogen-bond donors (Lipinski definition) is 1. The van der Waals surface area contributed by atoms with Crippen LogP contribution in [0.5, 0.6) is 17.2 Å². The highest BCUT2D eigenvalue weighted by Gasteiger charge is 2.12. The Kier molecular flexibility index (Phi) is 5.24. The predicted octanol–water partition coefficient (Wildman–Crippen LogP) is 4.80. The molecule has 0 fully saturated rings. The maximum absolute atomic E-state index is 12.5. The first-order valence-corrected chi connectivity index (χ1v) is 10.1. The van der Waals surface area contributed by atoms with E-state index in [9.17, 15) is 9.90 Å². The fraction of sp³-hybridized carbons (Fsp3) is 0.0800. The van der Waals surface area contributed by atoms with Crippen molar-refractivity contribution in [1.29, 1.82) is 0 Å². The van der Waals surface area contributed by atoms with E-state index in [4.69, 9.17) is 18.4 Å². The van der Waals surface area contributed by atoms with Crippen LogP contribution < -0.4 is 14.9 Å². The molecule has 0 unspecified atom stereocenters. The number of ether oxygens (including phenoxy) is 2. The average Bonchev–Trinajstić information content (AvgIpc) is 3.32. The van der Waals surface area contributed by atoms with Crippen molar-refractivity contribution in [3.05, 3.63) is 88.8 Å².